The Morgan fingerprint density at radius 3 is 2.53 bits per heavy atom. The lowest BCUT2D eigenvalue weighted by molar-refractivity contribution is 0.489. The Labute approximate surface area is 178 Å². The third-order valence-electron chi connectivity index (χ3n) is 6.47. The third kappa shape index (κ3) is 3.30. The molecule has 3 aromatic rings. The van der Waals surface area contributed by atoms with E-state index in [1.54, 1.807) is 0 Å². The van der Waals surface area contributed by atoms with Crippen LogP contribution in [-0.4, -0.2) is 26.2 Å². The van der Waals surface area contributed by atoms with E-state index in [4.69, 9.17) is 4.42 Å². The molecule has 0 N–H and O–H groups in total. The number of likely N-dealkylation sites (N-methyl/N-ethyl adjacent to an activating group) is 1. The second-order valence-electron chi connectivity index (χ2n) is 8.54. The highest BCUT2D eigenvalue weighted by Gasteiger charge is 2.41. The average molecular weight is 403 g/mol. The zero-order valence-corrected chi connectivity index (χ0v) is 18.5. The van der Waals surface area contributed by atoms with Crippen LogP contribution >= 0.6 is 0 Å². The largest absolute Gasteiger partial charge is 0.422 e. The minimum atomic E-state index is -0.300. The smallest absolute Gasteiger partial charge is 0.343 e. The summed E-state index contributed by atoms with van der Waals surface area (Å²) in [5, 5.41) is 0.937. The van der Waals surface area contributed by atoms with Crippen LogP contribution in [0, 0.1) is 0 Å². The minimum Gasteiger partial charge on any atom is -0.422 e. The van der Waals surface area contributed by atoms with Crippen LogP contribution in [0.2, 0.25) is 0 Å². The standard InChI is InChI=1S/C26H30N2O2/c1-6-28(7-2)20-14-12-18-16-19(25(29)30-23(18)17-20)13-15-24-26(3,4)21-10-8-9-11-22(21)27(24)5/h8-17,24H,6-7H2,1-5H3/b15-13+. The van der Waals surface area contributed by atoms with Crippen LogP contribution in [0.25, 0.3) is 17.0 Å². The van der Waals surface area contributed by atoms with Gasteiger partial charge in [-0.05, 0) is 49.8 Å². The zero-order valence-electron chi connectivity index (χ0n) is 18.5. The topological polar surface area (TPSA) is 36.7 Å². The number of anilines is 2. The number of hydrogen-bond acceptors (Lipinski definition) is 4. The third-order valence-corrected chi connectivity index (χ3v) is 6.47. The van der Waals surface area contributed by atoms with Gasteiger partial charge in [0.2, 0.25) is 0 Å². The highest BCUT2D eigenvalue weighted by molar-refractivity contribution is 5.82. The number of hydrogen-bond donors (Lipinski definition) is 0. The van der Waals surface area contributed by atoms with Gasteiger partial charge in [-0.2, -0.15) is 0 Å². The fourth-order valence-corrected chi connectivity index (χ4v) is 4.70. The lowest BCUT2D eigenvalue weighted by Gasteiger charge is -2.29. The van der Waals surface area contributed by atoms with Gasteiger partial charge in [-0.3, -0.25) is 0 Å². The molecule has 1 atom stereocenters. The molecule has 156 valence electrons. The zero-order chi connectivity index (χ0) is 21.5. The maximum atomic E-state index is 12.7. The molecular formula is C26H30N2O2. The maximum absolute atomic E-state index is 12.7. The molecule has 0 spiro atoms. The summed E-state index contributed by atoms with van der Waals surface area (Å²) in [4.78, 5) is 17.2. The number of benzene rings is 2. The first-order chi connectivity index (χ1) is 14.4. The van der Waals surface area contributed by atoms with Gasteiger partial charge in [-0.1, -0.05) is 38.1 Å². The SMILES string of the molecule is CCN(CC)c1ccc2cc(/C=C/C3N(C)c4ccccc4C3(C)C)c(=O)oc2c1. The van der Waals surface area contributed by atoms with E-state index >= 15 is 0 Å². The summed E-state index contributed by atoms with van der Waals surface area (Å²) in [6, 6.07) is 16.7. The van der Waals surface area contributed by atoms with E-state index in [1.165, 1.54) is 11.3 Å². The molecule has 0 saturated carbocycles. The van der Waals surface area contributed by atoms with E-state index in [9.17, 15) is 4.79 Å². The molecule has 0 saturated heterocycles. The number of nitrogens with zero attached hydrogens (tertiary/aromatic N) is 2. The van der Waals surface area contributed by atoms with Crippen LogP contribution in [0.5, 0.6) is 0 Å². The fraction of sp³-hybridized carbons (Fsp3) is 0.346. The lowest BCUT2D eigenvalue weighted by Crippen LogP contribution is -2.37. The van der Waals surface area contributed by atoms with Crippen molar-refractivity contribution in [1.29, 1.82) is 0 Å². The van der Waals surface area contributed by atoms with Crippen molar-refractivity contribution in [2.24, 2.45) is 0 Å². The average Bonchev–Trinajstić information content (AvgIpc) is 2.93. The quantitative estimate of drug-likeness (QED) is 0.532. The fourth-order valence-electron chi connectivity index (χ4n) is 4.70. The van der Waals surface area contributed by atoms with Crippen LogP contribution in [0.15, 0.2) is 63.8 Å². The summed E-state index contributed by atoms with van der Waals surface area (Å²) in [6.07, 6.45) is 4.04. The van der Waals surface area contributed by atoms with Gasteiger partial charge >= 0.3 is 5.63 Å². The van der Waals surface area contributed by atoms with Crippen LogP contribution in [0.3, 0.4) is 0 Å². The molecule has 1 aromatic heterocycles. The molecule has 2 heterocycles. The molecule has 1 unspecified atom stereocenters. The molecule has 1 aliphatic heterocycles. The normalized spacial score (nSPS) is 17.6. The van der Waals surface area contributed by atoms with Gasteiger partial charge in [0, 0.05) is 48.4 Å². The first kappa shape index (κ1) is 20.3. The highest BCUT2D eigenvalue weighted by atomic mass is 16.4. The van der Waals surface area contributed by atoms with Gasteiger partial charge < -0.3 is 14.2 Å². The van der Waals surface area contributed by atoms with Gasteiger partial charge in [-0.15, -0.1) is 0 Å². The van der Waals surface area contributed by atoms with Crippen molar-refractivity contribution in [3.8, 4) is 0 Å². The summed E-state index contributed by atoms with van der Waals surface area (Å²) >= 11 is 0. The molecule has 2 aromatic carbocycles. The summed E-state index contributed by atoms with van der Waals surface area (Å²) in [5.74, 6) is 0. The van der Waals surface area contributed by atoms with Crippen LogP contribution < -0.4 is 15.4 Å². The molecule has 0 aliphatic carbocycles. The monoisotopic (exact) mass is 402 g/mol. The number of fused-ring (bicyclic) bond motifs is 2. The van der Waals surface area contributed by atoms with Crippen molar-refractivity contribution in [3.05, 3.63) is 76.2 Å². The Morgan fingerprint density at radius 2 is 1.83 bits per heavy atom. The summed E-state index contributed by atoms with van der Waals surface area (Å²) < 4.78 is 5.68. The predicted molar refractivity (Wildman–Crippen MR) is 127 cm³/mol. The van der Waals surface area contributed by atoms with Gasteiger partial charge in [0.15, 0.2) is 0 Å². The van der Waals surface area contributed by atoms with Gasteiger partial charge in [-0.25, -0.2) is 4.79 Å². The molecule has 0 fully saturated rings. The first-order valence-electron chi connectivity index (χ1n) is 10.7. The van der Waals surface area contributed by atoms with E-state index in [0.717, 1.165) is 24.2 Å². The Kier molecular flexibility index (Phi) is 5.19. The molecule has 4 nitrogen and oxygen atoms in total. The first-order valence-corrected chi connectivity index (χ1v) is 10.7. The van der Waals surface area contributed by atoms with Crippen molar-refractivity contribution in [2.75, 3.05) is 29.9 Å². The molecule has 30 heavy (non-hydrogen) atoms. The summed E-state index contributed by atoms with van der Waals surface area (Å²) in [5.41, 5.74) is 4.52. The maximum Gasteiger partial charge on any atom is 0.343 e. The van der Waals surface area contributed by atoms with Crippen molar-refractivity contribution in [3.63, 3.8) is 0 Å². The second kappa shape index (κ2) is 7.67. The number of rotatable bonds is 5. The second-order valence-corrected chi connectivity index (χ2v) is 8.54. The van der Waals surface area contributed by atoms with Gasteiger partial charge in [0.25, 0.3) is 0 Å². The van der Waals surface area contributed by atoms with E-state index in [1.807, 2.05) is 24.3 Å². The van der Waals surface area contributed by atoms with Crippen molar-refractivity contribution in [1.82, 2.24) is 0 Å². The molecular weight excluding hydrogens is 372 g/mol. The summed E-state index contributed by atoms with van der Waals surface area (Å²) in [7, 11) is 2.11. The lowest BCUT2D eigenvalue weighted by atomic mass is 9.80. The van der Waals surface area contributed by atoms with Crippen molar-refractivity contribution < 1.29 is 4.42 Å². The number of para-hydroxylation sites is 1. The van der Waals surface area contributed by atoms with Crippen LogP contribution in [0.1, 0.15) is 38.8 Å². The van der Waals surface area contributed by atoms with Crippen LogP contribution in [0.4, 0.5) is 11.4 Å². The van der Waals surface area contributed by atoms with Crippen LogP contribution in [-0.2, 0) is 5.41 Å². The van der Waals surface area contributed by atoms with Crippen molar-refractivity contribution >= 4 is 28.4 Å². The predicted octanol–water partition coefficient (Wildman–Crippen LogP) is 5.45. The van der Waals surface area contributed by atoms with E-state index < -0.39 is 0 Å². The molecule has 1 aliphatic rings. The van der Waals surface area contributed by atoms with E-state index in [2.05, 4.69) is 81.0 Å². The molecule has 0 radical (unpaired) electrons. The van der Waals surface area contributed by atoms with E-state index in [-0.39, 0.29) is 17.1 Å². The minimum absolute atomic E-state index is 0.0441. The Balaban J connectivity index is 1.67. The Bertz CT molecular complexity index is 1160. The summed E-state index contributed by atoms with van der Waals surface area (Å²) in [6.45, 7) is 10.6. The van der Waals surface area contributed by atoms with Crippen molar-refractivity contribution in [2.45, 2.75) is 39.2 Å². The molecule has 4 heteroatoms. The Morgan fingerprint density at radius 1 is 1.10 bits per heavy atom. The van der Waals surface area contributed by atoms with Gasteiger partial charge in [0.05, 0.1) is 11.6 Å². The van der Waals surface area contributed by atoms with Gasteiger partial charge in [0.1, 0.15) is 5.58 Å². The molecule has 0 amide bonds. The Hall–Kier alpha value is -3.01. The highest BCUT2D eigenvalue weighted by Crippen LogP contribution is 2.44. The van der Waals surface area contributed by atoms with E-state index in [0.29, 0.717) is 11.1 Å². The molecule has 4 rings (SSSR count). The molecule has 0 bridgehead atoms.